The molecule has 1 amide bonds. The average molecular weight is 321 g/mol. The van der Waals surface area contributed by atoms with Crippen LogP contribution in [-0.4, -0.2) is 42.1 Å². The molecule has 0 bridgehead atoms. The lowest BCUT2D eigenvalue weighted by Crippen LogP contribution is -2.25. The first-order valence-corrected chi connectivity index (χ1v) is 7.85. The number of likely N-dealkylation sites (tertiary alicyclic amines) is 1. The molecule has 2 rings (SSSR count). The van der Waals surface area contributed by atoms with Crippen molar-refractivity contribution in [2.24, 2.45) is 5.92 Å². The molecule has 1 aliphatic heterocycles. The van der Waals surface area contributed by atoms with Crippen molar-refractivity contribution >= 4 is 11.9 Å². The first-order chi connectivity index (χ1) is 11.0. The number of amides is 1. The molecule has 6 heteroatoms. The number of carboxylic acids is 1. The Morgan fingerprint density at radius 1 is 1.39 bits per heavy atom. The number of hydrogen-bond acceptors (Lipinski definition) is 4. The first kappa shape index (κ1) is 17.1. The zero-order chi connectivity index (χ0) is 16.8. The average Bonchev–Trinajstić information content (AvgIpc) is 2.89. The second kappa shape index (κ2) is 7.85. The van der Waals surface area contributed by atoms with Gasteiger partial charge in [-0.1, -0.05) is 19.4 Å². The monoisotopic (exact) mass is 321 g/mol. The summed E-state index contributed by atoms with van der Waals surface area (Å²) in [5.74, 6) is -0.345. The predicted octanol–water partition coefficient (Wildman–Crippen LogP) is 2.31. The molecule has 1 aromatic rings. The Balaban J connectivity index is 2.06. The minimum absolute atomic E-state index is 0.0747. The van der Waals surface area contributed by atoms with Crippen molar-refractivity contribution in [2.75, 3.05) is 20.3 Å². The lowest BCUT2D eigenvalue weighted by Gasteiger charge is -2.18. The van der Waals surface area contributed by atoms with Crippen LogP contribution in [0.25, 0.3) is 0 Å². The van der Waals surface area contributed by atoms with Crippen LogP contribution in [0.1, 0.15) is 31.7 Å². The maximum Gasteiger partial charge on any atom is 0.308 e. The lowest BCUT2D eigenvalue weighted by molar-refractivity contribution is -0.141. The van der Waals surface area contributed by atoms with Gasteiger partial charge in [-0.3, -0.25) is 9.59 Å². The Hall–Kier alpha value is -2.24. The van der Waals surface area contributed by atoms with E-state index >= 15 is 0 Å². The van der Waals surface area contributed by atoms with Gasteiger partial charge in [0, 0.05) is 19.5 Å². The van der Waals surface area contributed by atoms with Gasteiger partial charge in [0.15, 0.2) is 11.5 Å². The van der Waals surface area contributed by atoms with E-state index in [-0.39, 0.29) is 18.9 Å². The quantitative estimate of drug-likeness (QED) is 0.744. The fourth-order valence-corrected chi connectivity index (χ4v) is 2.57. The Kier molecular flexibility index (Phi) is 5.84. The van der Waals surface area contributed by atoms with Gasteiger partial charge in [-0.15, -0.1) is 0 Å². The van der Waals surface area contributed by atoms with Gasteiger partial charge in [0.2, 0.25) is 5.91 Å². The topological polar surface area (TPSA) is 76.1 Å². The first-order valence-electron chi connectivity index (χ1n) is 7.85. The van der Waals surface area contributed by atoms with Crippen molar-refractivity contribution in [3.63, 3.8) is 0 Å². The molecular formula is C17H23NO5. The molecule has 0 aromatic heterocycles. The molecule has 1 aliphatic rings. The van der Waals surface area contributed by atoms with Gasteiger partial charge in [0.1, 0.15) is 0 Å². The number of methoxy groups -OCH3 is 1. The highest BCUT2D eigenvalue weighted by molar-refractivity contribution is 5.86. The van der Waals surface area contributed by atoms with Gasteiger partial charge < -0.3 is 19.5 Å². The van der Waals surface area contributed by atoms with E-state index in [1.165, 1.54) is 0 Å². The fraction of sp³-hybridized carbons (Fsp3) is 0.529. The zero-order valence-electron chi connectivity index (χ0n) is 13.6. The molecule has 0 spiro atoms. The number of rotatable bonds is 8. The number of nitrogens with zero attached hydrogens (tertiary/aromatic N) is 1. The third kappa shape index (κ3) is 4.37. The molecule has 1 saturated heterocycles. The van der Waals surface area contributed by atoms with Crippen molar-refractivity contribution in [3.8, 4) is 11.5 Å². The van der Waals surface area contributed by atoms with E-state index in [4.69, 9.17) is 14.6 Å². The number of ether oxygens (including phenoxy) is 2. The van der Waals surface area contributed by atoms with E-state index in [1.54, 1.807) is 12.0 Å². The van der Waals surface area contributed by atoms with E-state index in [9.17, 15) is 9.59 Å². The van der Waals surface area contributed by atoms with E-state index < -0.39 is 11.9 Å². The summed E-state index contributed by atoms with van der Waals surface area (Å²) in [7, 11) is 1.59. The molecule has 126 valence electrons. The van der Waals surface area contributed by atoms with Crippen LogP contribution in [0.3, 0.4) is 0 Å². The Labute approximate surface area is 136 Å². The van der Waals surface area contributed by atoms with Crippen LogP contribution in [0.4, 0.5) is 0 Å². The van der Waals surface area contributed by atoms with Crippen molar-refractivity contribution in [1.82, 2.24) is 4.90 Å². The van der Waals surface area contributed by atoms with Crippen LogP contribution >= 0.6 is 0 Å². The number of hydrogen-bond donors (Lipinski definition) is 1. The van der Waals surface area contributed by atoms with E-state index in [1.807, 2.05) is 18.2 Å². The summed E-state index contributed by atoms with van der Waals surface area (Å²) < 4.78 is 11.0. The Bertz CT molecular complexity index is 572. The molecule has 23 heavy (non-hydrogen) atoms. The molecule has 0 aliphatic carbocycles. The molecule has 1 atom stereocenters. The number of aliphatic carboxylic acids is 1. The van der Waals surface area contributed by atoms with Gasteiger partial charge >= 0.3 is 5.97 Å². The number of carbonyl (C=O) groups excluding carboxylic acids is 1. The predicted molar refractivity (Wildman–Crippen MR) is 84.6 cm³/mol. The standard InChI is InChI=1S/C17H23NO5/c1-3-4-7-23-15-8-12(5-6-14(15)22-2)10-18-11-13(17(20)21)9-16(18)19/h5-6,8,13H,3-4,7,9-11H2,1-2H3,(H,20,21). The second-order valence-corrected chi connectivity index (χ2v) is 5.70. The third-order valence-electron chi connectivity index (χ3n) is 3.92. The SMILES string of the molecule is CCCCOc1cc(CN2CC(C(=O)O)CC2=O)ccc1OC. The minimum Gasteiger partial charge on any atom is -0.493 e. The molecule has 1 unspecified atom stereocenters. The van der Waals surface area contributed by atoms with Crippen molar-refractivity contribution in [3.05, 3.63) is 23.8 Å². The van der Waals surface area contributed by atoms with Crippen molar-refractivity contribution in [2.45, 2.75) is 32.7 Å². The Morgan fingerprint density at radius 3 is 2.78 bits per heavy atom. The summed E-state index contributed by atoms with van der Waals surface area (Å²) in [4.78, 5) is 24.5. The van der Waals surface area contributed by atoms with Gasteiger partial charge in [-0.05, 0) is 24.1 Å². The Morgan fingerprint density at radius 2 is 2.17 bits per heavy atom. The summed E-state index contributed by atoms with van der Waals surface area (Å²) >= 11 is 0. The summed E-state index contributed by atoms with van der Waals surface area (Å²) in [5, 5.41) is 9.03. The minimum atomic E-state index is -0.917. The van der Waals surface area contributed by atoms with Crippen LogP contribution in [0.2, 0.25) is 0 Å². The summed E-state index contributed by atoms with van der Waals surface area (Å²) in [6.45, 7) is 3.35. The second-order valence-electron chi connectivity index (χ2n) is 5.70. The number of carboxylic acid groups (broad SMARTS) is 1. The van der Waals surface area contributed by atoms with Crippen molar-refractivity contribution < 1.29 is 24.2 Å². The number of benzene rings is 1. The smallest absolute Gasteiger partial charge is 0.308 e. The number of carbonyl (C=O) groups is 2. The number of unbranched alkanes of at least 4 members (excludes halogenated alkanes) is 1. The molecule has 1 fully saturated rings. The summed E-state index contributed by atoms with van der Waals surface area (Å²) in [5.41, 5.74) is 0.900. The molecule has 0 saturated carbocycles. The molecule has 1 aromatic carbocycles. The lowest BCUT2D eigenvalue weighted by atomic mass is 10.1. The van der Waals surface area contributed by atoms with Gasteiger partial charge in [-0.25, -0.2) is 0 Å². The third-order valence-corrected chi connectivity index (χ3v) is 3.92. The molecule has 1 N–H and O–H groups in total. The molecule has 0 radical (unpaired) electrons. The molecule has 6 nitrogen and oxygen atoms in total. The van der Waals surface area contributed by atoms with Crippen LogP contribution < -0.4 is 9.47 Å². The van der Waals surface area contributed by atoms with Crippen LogP contribution in [0.15, 0.2) is 18.2 Å². The summed E-state index contributed by atoms with van der Waals surface area (Å²) in [6.07, 6.45) is 2.07. The van der Waals surface area contributed by atoms with E-state index in [0.717, 1.165) is 18.4 Å². The van der Waals surface area contributed by atoms with E-state index in [2.05, 4.69) is 6.92 Å². The maximum absolute atomic E-state index is 11.9. The van der Waals surface area contributed by atoms with Gasteiger partial charge in [0.25, 0.3) is 0 Å². The van der Waals surface area contributed by atoms with Crippen molar-refractivity contribution in [1.29, 1.82) is 0 Å². The van der Waals surface area contributed by atoms with Gasteiger partial charge in [0.05, 0.1) is 19.6 Å². The van der Waals surface area contributed by atoms with Crippen LogP contribution in [-0.2, 0) is 16.1 Å². The highest BCUT2D eigenvalue weighted by Crippen LogP contribution is 2.30. The summed E-state index contributed by atoms with van der Waals surface area (Å²) in [6, 6.07) is 5.54. The molecule has 1 heterocycles. The highest BCUT2D eigenvalue weighted by atomic mass is 16.5. The van der Waals surface area contributed by atoms with E-state index in [0.29, 0.717) is 24.7 Å². The largest absolute Gasteiger partial charge is 0.493 e. The van der Waals surface area contributed by atoms with Gasteiger partial charge in [-0.2, -0.15) is 0 Å². The van der Waals surface area contributed by atoms with Crippen LogP contribution in [0.5, 0.6) is 11.5 Å². The highest BCUT2D eigenvalue weighted by Gasteiger charge is 2.34. The zero-order valence-corrected chi connectivity index (χ0v) is 13.6. The molecular weight excluding hydrogens is 298 g/mol. The fourth-order valence-electron chi connectivity index (χ4n) is 2.57. The maximum atomic E-state index is 11.9. The van der Waals surface area contributed by atoms with Crippen LogP contribution in [0, 0.1) is 5.92 Å². The normalized spacial score (nSPS) is 17.4.